The zero-order valence-corrected chi connectivity index (χ0v) is 29.0. The van der Waals surface area contributed by atoms with Gasteiger partial charge in [-0.15, -0.1) is 0 Å². The van der Waals surface area contributed by atoms with E-state index in [0.29, 0.717) is 43.7 Å². The molecule has 0 radical (unpaired) electrons. The van der Waals surface area contributed by atoms with Gasteiger partial charge in [0.05, 0.1) is 29.6 Å². The minimum absolute atomic E-state index is 0.0987. The van der Waals surface area contributed by atoms with Crippen molar-refractivity contribution in [3.63, 3.8) is 0 Å². The van der Waals surface area contributed by atoms with Crippen LogP contribution in [0.15, 0.2) is 75.7 Å². The Kier molecular flexibility index (Phi) is 11.3. The van der Waals surface area contributed by atoms with E-state index in [2.05, 4.69) is 51.8 Å². The van der Waals surface area contributed by atoms with Gasteiger partial charge in [-0.2, -0.15) is 0 Å². The van der Waals surface area contributed by atoms with Gasteiger partial charge in [-0.1, -0.05) is 55.8 Å². The Bertz CT molecular complexity index is 1690. The second kappa shape index (κ2) is 15.0. The number of rotatable bonds is 12. The summed E-state index contributed by atoms with van der Waals surface area (Å²) in [7, 11) is 3.00. The lowest BCUT2D eigenvalue weighted by Gasteiger charge is -2.26. The fraction of sp³-hybridized carbons (Fsp3) is 0.278. The second-order valence-corrected chi connectivity index (χ2v) is 12.9. The molecule has 0 aromatic heterocycles. The molecular weight excluding hydrogens is 704 g/mol. The Labute approximate surface area is 280 Å². The minimum atomic E-state index is -0.934. The standard InChI is InChI=1S/C36H36Br2O7/c1-20(2)25-18-32(45-36-28(37)15-23(16-29(36)38)17-33(40)41)27(19-31(25)43-4)35(24-8-6-7-21(3)13-24)26-14-22(9-11-30(26)39)10-12-34(42)44-5/h6-9,11,13-16,18-20,35,39H,10,12,17H2,1-5H3,(H,40,41). The van der Waals surface area contributed by atoms with Crippen LogP contribution in [0.4, 0.5) is 0 Å². The molecule has 0 saturated heterocycles. The summed E-state index contributed by atoms with van der Waals surface area (Å²) in [6, 6.07) is 20.8. The molecular formula is C36H36Br2O7. The summed E-state index contributed by atoms with van der Waals surface area (Å²) in [5.41, 5.74) is 5.78. The van der Waals surface area contributed by atoms with Crippen molar-refractivity contribution in [3.8, 4) is 23.0 Å². The van der Waals surface area contributed by atoms with Crippen molar-refractivity contribution in [3.05, 3.63) is 115 Å². The molecule has 4 rings (SSSR count). The van der Waals surface area contributed by atoms with Crippen LogP contribution < -0.4 is 9.47 Å². The third kappa shape index (κ3) is 8.27. The molecule has 1 unspecified atom stereocenters. The predicted octanol–water partition coefficient (Wildman–Crippen LogP) is 9.06. The largest absolute Gasteiger partial charge is 0.508 e. The average Bonchev–Trinajstić information content (AvgIpc) is 2.99. The smallest absolute Gasteiger partial charge is 0.307 e. The SMILES string of the molecule is COC(=O)CCc1ccc(O)c(C(c2cccc(C)c2)c2cc(OC)c(C(C)C)cc2Oc2c(Br)cc(CC(=O)O)cc2Br)c1. The number of ether oxygens (including phenoxy) is 3. The number of carbonyl (C=O) groups is 2. The Morgan fingerprint density at radius 2 is 1.53 bits per heavy atom. The molecule has 4 aromatic carbocycles. The zero-order chi connectivity index (χ0) is 32.8. The summed E-state index contributed by atoms with van der Waals surface area (Å²) in [5, 5.41) is 20.7. The number of halogens is 2. The highest BCUT2D eigenvalue weighted by molar-refractivity contribution is 9.11. The lowest BCUT2D eigenvalue weighted by Crippen LogP contribution is -2.09. The number of carbonyl (C=O) groups excluding carboxylic acids is 1. The van der Waals surface area contributed by atoms with E-state index in [1.165, 1.54) is 7.11 Å². The molecule has 0 aliphatic rings. The Morgan fingerprint density at radius 3 is 2.13 bits per heavy atom. The number of aromatic hydroxyl groups is 1. The van der Waals surface area contributed by atoms with Gasteiger partial charge in [0.25, 0.3) is 0 Å². The van der Waals surface area contributed by atoms with Gasteiger partial charge in [0.15, 0.2) is 5.75 Å². The van der Waals surface area contributed by atoms with E-state index < -0.39 is 11.9 Å². The van der Waals surface area contributed by atoms with Crippen molar-refractivity contribution in [2.75, 3.05) is 14.2 Å². The summed E-state index contributed by atoms with van der Waals surface area (Å²) < 4.78 is 18.6. The first kappa shape index (κ1) is 34.1. The van der Waals surface area contributed by atoms with Crippen molar-refractivity contribution in [2.24, 2.45) is 0 Å². The van der Waals surface area contributed by atoms with E-state index in [1.807, 2.05) is 49.4 Å². The molecule has 0 aliphatic carbocycles. The molecule has 7 nitrogen and oxygen atoms in total. The summed E-state index contributed by atoms with van der Waals surface area (Å²) in [6.45, 7) is 6.16. The highest BCUT2D eigenvalue weighted by atomic mass is 79.9. The van der Waals surface area contributed by atoms with E-state index in [4.69, 9.17) is 14.2 Å². The van der Waals surface area contributed by atoms with Gasteiger partial charge in [0, 0.05) is 29.0 Å². The Balaban J connectivity index is 1.98. The maximum atomic E-state index is 11.9. The number of phenols is 1. The number of hydrogen-bond donors (Lipinski definition) is 2. The number of aliphatic carboxylic acids is 1. The van der Waals surface area contributed by atoms with E-state index in [-0.39, 0.29) is 30.5 Å². The fourth-order valence-electron chi connectivity index (χ4n) is 5.35. The molecule has 0 fully saturated rings. The second-order valence-electron chi connectivity index (χ2n) is 11.2. The third-order valence-corrected chi connectivity index (χ3v) is 8.72. The van der Waals surface area contributed by atoms with Crippen LogP contribution in [0.1, 0.15) is 71.0 Å². The number of benzene rings is 4. The number of carboxylic acids is 1. The summed E-state index contributed by atoms with van der Waals surface area (Å²) in [4.78, 5) is 23.3. The van der Waals surface area contributed by atoms with Gasteiger partial charge in [-0.05, 0) is 98.1 Å². The lowest BCUT2D eigenvalue weighted by atomic mass is 9.81. The molecule has 236 valence electrons. The van der Waals surface area contributed by atoms with Gasteiger partial charge in [-0.3, -0.25) is 9.59 Å². The first-order chi connectivity index (χ1) is 21.4. The maximum absolute atomic E-state index is 11.9. The third-order valence-electron chi connectivity index (χ3n) is 7.54. The maximum Gasteiger partial charge on any atom is 0.307 e. The van der Waals surface area contributed by atoms with Gasteiger partial charge in [0.2, 0.25) is 0 Å². The van der Waals surface area contributed by atoms with Crippen molar-refractivity contribution in [1.29, 1.82) is 0 Å². The lowest BCUT2D eigenvalue weighted by molar-refractivity contribution is -0.140. The monoisotopic (exact) mass is 738 g/mol. The number of esters is 1. The summed E-state index contributed by atoms with van der Waals surface area (Å²) in [5.74, 6) is 0.168. The average molecular weight is 740 g/mol. The van der Waals surface area contributed by atoms with Crippen molar-refractivity contribution in [2.45, 2.75) is 51.9 Å². The number of methoxy groups -OCH3 is 2. The van der Waals surface area contributed by atoms with Crippen LogP contribution in [0.25, 0.3) is 0 Å². The van der Waals surface area contributed by atoms with Crippen molar-refractivity contribution >= 4 is 43.8 Å². The Hall–Kier alpha value is -3.82. The molecule has 4 aromatic rings. The van der Waals surface area contributed by atoms with Gasteiger partial charge < -0.3 is 24.4 Å². The minimum Gasteiger partial charge on any atom is -0.508 e. The van der Waals surface area contributed by atoms with Crippen molar-refractivity contribution < 1.29 is 34.0 Å². The molecule has 0 bridgehead atoms. The van der Waals surface area contributed by atoms with Crippen LogP contribution in [0.3, 0.4) is 0 Å². The van der Waals surface area contributed by atoms with Crippen molar-refractivity contribution in [1.82, 2.24) is 0 Å². The first-order valence-corrected chi connectivity index (χ1v) is 16.0. The van der Waals surface area contributed by atoms with Gasteiger partial charge in [0.1, 0.15) is 17.2 Å². The van der Waals surface area contributed by atoms with Crippen LogP contribution >= 0.6 is 31.9 Å². The highest BCUT2D eigenvalue weighted by Crippen LogP contribution is 2.48. The van der Waals surface area contributed by atoms with E-state index in [0.717, 1.165) is 27.8 Å². The van der Waals surface area contributed by atoms with Crippen LogP contribution in [0, 0.1) is 6.92 Å². The van der Waals surface area contributed by atoms with Gasteiger partial charge >= 0.3 is 11.9 Å². The van der Waals surface area contributed by atoms with Crippen LogP contribution in [0.2, 0.25) is 0 Å². The molecule has 1 atom stereocenters. The topological polar surface area (TPSA) is 102 Å². The predicted molar refractivity (Wildman–Crippen MR) is 181 cm³/mol. The Morgan fingerprint density at radius 1 is 0.844 bits per heavy atom. The molecule has 2 N–H and O–H groups in total. The highest BCUT2D eigenvalue weighted by Gasteiger charge is 2.28. The van der Waals surface area contributed by atoms with E-state index in [9.17, 15) is 19.8 Å². The van der Waals surface area contributed by atoms with Crippen LogP contribution in [-0.2, 0) is 27.2 Å². The number of phenolic OH excluding ortho intramolecular Hbond substituents is 1. The fourth-order valence-corrected chi connectivity index (χ4v) is 6.79. The molecule has 0 aliphatic heterocycles. The molecule has 0 amide bonds. The van der Waals surface area contributed by atoms with E-state index >= 15 is 0 Å². The number of carboxylic acid groups (broad SMARTS) is 1. The first-order valence-electron chi connectivity index (χ1n) is 14.5. The van der Waals surface area contributed by atoms with Gasteiger partial charge in [-0.25, -0.2) is 0 Å². The molecule has 9 heteroatoms. The molecule has 0 spiro atoms. The zero-order valence-electron chi connectivity index (χ0n) is 25.8. The van der Waals surface area contributed by atoms with Crippen LogP contribution in [0.5, 0.6) is 23.0 Å². The van der Waals surface area contributed by atoms with E-state index in [1.54, 1.807) is 25.3 Å². The number of aryl methyl sites for hydroxylation is 2. The summed E-state index contributed by atoms with van der Waals surface area (Å²) in [6.07, 6.45) is 0.521. The molecule has 45 heavy (non-hydrogen) atoms. The van der Waals surface area contributed by atoms with Crippen LogP contribution in [-0.4, -0.2) is 36.4 Å². The number of hydrogen-bond acceptors (Lipinski definition) is 6. The molecule has 0 heterocycles. The summed E-state index contributed by atoms with van der Waals surface area (Å²) >= 11 is 7.18. The normalized spacial score (nSPS) is 11.7. The quantitative estimate of drug-likeness (QED) is 0.110. The molecule has 0 saturated carbocycles.